The lowest BCUT2D eigenvalue weighted by atomic mass is 10.1. The number of amides is 1. The van der Waals surface area contributed by atoms with Gasteiger partial charge in [0.15, 0.2) is 5.76 Å². The van der Waals surface area contributed by atoms with Crippen molar-refractivity contribution >= 4 is 17.0 Å². The molecule has 0 bridgehead atoms. The van der Waals surface area contributed by atoms with E-state index in [1.165, 1.54) is 0 Å². The van der Waals surface area contributed by atoms with Gasteiger partial charge in [-0.25, -0.2) is 4.98 Å². The maximum absolute atomic E-state index is 12.0. The summed E-state index contributed by atoms with van der Waals surface area (Å²) < 4.78 is 10.4. The molecule has 19 heavy (non-hydrogen) atoms. The van der Waals surface area contributed by atoms with Crippen molar-refractivity contribution in [2.75, 3.05) is 7.05 Å². The second kappa shape index (κ2) is 4.24. The van der Waals surface area contributed by atoms with E-state index in [2.05, 4.69) is 15.5 Å². The van der Waals surface area contributed by atoms with E-state index in [-0.39, 0.29) is 5.91 Å². The molecule has 96 valence electrons. The minimum atomic E-state index is -0.216. The van der Waals surface area contributed by atoms with Crippen molar-refractivity contribution in [2.45, 2.75) is 6.92 Å². The van der Waals surface area contributed by atoms with Crippen LogP contribution in [-0.4, -0.2) is 23.1 Å². The zero-order chi connectivity index (χ0) is 13.4. The fraction of sp³-hybridized carbons (Fsp3) is 0.154. The van der Waals surface area contributed by atoms with Gasteiger partial charge < -0.3 is 14.3 Å². The average molecular weight is 257 g/mol. The van der Waals surface area contributed by atoms with E-state index in [1.54, 1.807) is 38.4 Å². The van der Waals surface area contributed by atoms with Crippen LogP contribution in [0.5, 0.6) is 0 Å². The molecule has 0 spiro atoms. The maximum Gasteiger partial charge on any atom is 0.259 e. The number of pyridine rings is 1. The van der Waals surface area contributed by atoms with E-state index < -0.39 is 0 Å². The molecule has 3 aromatic rings. The Morgan fingerprint density at radius 2 is 2.26 bits per heavy atom. The molecule has 6 nitrogen and oxygen atoms in total. The zero-order valence-corrected chi connectivity index (χ0v) is 10.4. The van der Waals surface area contributed by atoms with E-state index in [1.807, 2.05) is 0 Å². The number of carbonyl (C=O) groups excluding carboxylic acids is 1. The largest absolute Gasteiger partial charge is 0.463 e. The highest BCUT2D eigenvalue weighted by Gasteiger charge is 2.19. The molecule has 0 aliphatic rings. The molecular formula is C13H11N3O3. The summed E-state index contributed by atoms with van der Waals surface area (Å²) in [4.78, 5) is 16.3. The highest BCUT2D eigenvalue weighted by atomic mass is 16.5. The van der Waals surface area contributed by atoms with Gasteiger partial charge in [0.05, 0.1) is 22.9 Å². The highest BCUT2D eigenvalue weighted by Crippen LogP contribution is 2.27. The van der Waals surface area contributed by atoms with Crippen LogP contribution < -0.4 is 5.32 Å². The monoisotopic (exact) mass is 257 g/mol. The smallest absolute Gasteiger partial charge is 0.259 e. The summed E-state index contributed by atoms with van der Waals surface area (Å²) in [5, 5.41) is 7.06. The minimum Gasteiger partial charge on any atom is -0.463 e. The molecule has 1 N–H and O–H groups in total. The van der Waals surface area contributed by atoms with Gasteiger partial charge in [-0.05, 0) is 25.1 Å². The number of hydrogen-bond donors (Lipinski definition) is 1. The lowest BCUT2D eigenvalue weighted by molar-refractivity contribution is 0.0964. The van der Waals surface area contributed by atoms with Crippen molar-refractivity contribution in [1.82, 2.24) is 15.5 Å². The molecule has 3 aromatic heterocycles. The Morgan fingerprint density at radius 3 is 2.95 bits per heavy atom. The van der Waals surface area contributed by atoms with Gasteiger partial charge in [-0.1, -0.05) is 5.16 Å². The normalized spacial score (nSPS) is 10.8. The molecular weight excluding hydrogens is 246 g/mol. The predicted molar refractivity (Wildman–Crippen MR) is 67.6 cm³/mol. The number of aryl methyl sites for hydroxylation is 1. The predicted octanol–water partition coefficient (Wildman–Crippen LogP) is 2.15. The van der Waals surface area contributed by atoms with Crippen LogP contribution in [0.2, 0.25) is 0 Å². The molecule has 0 aliphatic heterocycles. The Morgan fingerprint density at radius 1 is 1.42 bits per heavy atom. The van der Waals surface area contributed by atoms with Crippen LogP contribution >= 0.6 is 0 Å². The first kappa shape index (κ1) is 11.5. The first-order valence-corrected chi connectivity index (χ1v) is 5.73. The van der Waals surface area contributed by atoms with Crippen molar-refractivity contribution in [1.29, 1.82) is 0 Å². The lowest BCUT2D eigenvalue weighted by Crippen LogP contribution is -2.18. The number of aromatic nitrogens is 2. The van der Waals surface area contributed by atoms with E-state index in [0.29, 0.717) is 33.8 Å². The Bertz CT molecular complexity index is 744. The van der Waals surface area contributed by atoms with Gasteiger partial charge in [-0.3, -0.25) is 4.79 Å². The van der Waals surface area contributed by atoms with Crippen molar-refractivity contribution in [3.63, 3.8) is 0 Å². The molecule has 3 rings (SSSR count). The fourth-order valence-corrected chi connectivity index (χ4v) is 1.96. The van der Waals surface area contributed by atoms with Crippen LogP contribution in [0.1, 0.15) is 16.1 Å². The summed E-state index contributed by atoms with van der Waals surface area (Å²) in [6.45, 7) is 1.77. The number of carbonyl (C=O) groups is 1. The summed E-state index contributed by atoms with van der Waals surface area (Å²) in [7, 11) is 1.57. The minimum absolute atomic E-state index is 0.216. The Kier molecular flexibility index (Phi) is 2.56. The molecule has 0 atom stereocenters. The van der Waals surface area contributed by atoms with Crippen LogP contribution in [0.4, 0.5) is 0 Å². The van der Waals surface area contributed by atoms with Crippen molar-refractivity contribution < 1.29 is 13.7 Å². The first-order chi connectivity index (χ1) is 9.20. The number of rotatable bonds is 2. The number of nitrogens with one attached hydrogen (secondary N) is 1. The number of fused-ring (bicyclic) bond motifs is 1. The van der Waals surface area contributed by atoms with E-state index in [0.717, 1.165) is 0 Å². The molecule has 0 aromatic carbocycles. The molecule has 1 amide bonds. The van der Waals surface area contributed by atoms with Crippen molar-refractivity contribution in [3.8, 4) is 11.5 Å². The summed E-state index contributed by atoms with van der Waals surface area (Å²) in [5.74, 6) is 0.354. The summed E-state index contributed by atoms with van der Waals surface area (Å²) in [6, 6.07) is 5.20. The molecule has 0 saturated heterocycles. The summed E-state index contributed by atoms with van der Waals surface area (Å²) in [5.41, 5.74) is 1.96. The van der Waals surface area contributed by atoms with Gasteiger partial charge in [-0.15, -0.1) is 0 Å². The van der Waals surface area contributed by atoms with Gasteiger partial charge in [-0.2, -0.15) is 0 Å². The maximum atomic E-state index is 12.0. The second-order valence-corrected chi connectivity index (χ2v) is 4.06. The van der Waals surface area contributed by atoms with Gasteiger partial charge in [0, 0.05) is 7.05 Å². The summed E-state index contributed by atoms with van der Waals surface area (Å²) in [6.07, 6.45) is 1.55. The highest BCUT2D eigenvalue weighted by molar-refractivity contribution is 6.06. The van der Waals surface area contributed by atoms with Gasteiger partial charge in [0.2, 0.25) is 0 Å². The van der Waals surface area contributed by atoms with Crippen molar-refractivity contribution in [3.05, 3.63) is 35.7 Å². The Balaban J connectivity index is 2.31. The standard InChI is InChI=1S/C13H11N3O3/c1-7-11-8(12(17)14-2)6-9(10-4-3-5-18-10)15-13(11)19-16-7/h3-6H,1-2H3,(H,14,17). The van der Waals surface area contributed by atoms with E-state index in [9.17, 15) is 4.79 Å². The lowest BCUT2D eigenvalue weighted by Gasteiger charge is -2.03. The number of hydrogen-bond acceptors (Lipinski definition) is 5. The topological polar surface area (TPSA) is 81.2 Å². The van der Waals surface area contributed by atoms with E-state index in [4.69, 9.17) is 8.94 Å². The van der Waals surface area contributed by atoms with Crippen LogP contribution in [0.25, 0.3) is 22.6 Å². The van der Waals surface area contributed by atoms with Crippen LogP contribution in [0.3, 0.4) is 0 Å². The van der Waals surface area contributed by atoms with Crippen LogP contribution in [0.15, 0.2) is 33.4 Å². The third kappa shape index (κ3) is 1.77. The van der Waals surface area contributed by atoms with E-state index >= 15 is 0 Å². The molecule has 0 fully saturated rings. The Hall–Kier alpha value is -2.63. The third-order valence-corrected chi connectivity index (χ3v) is 2.86. The molecule has 0 saturated carbocycles. The number of nitrogens with zero attached hydrogens (tertiary/aromatic N) is 2. The molecule has 3 heterocycles. The third-order valence-electron chi connectivity index (χ3n) is 2.86. The Labute approximate surface area is 108 Å². The molecule has 0 aliphatic carbocycles. The number of furan rings is 1. The molecule has 0 unspecified atom stereocenters. The summed E-state index contributed by atoms with van der Waals surface area (Å²) >= 11 is 0. The van der Waals surface area contributed by atoms with Gasteiger partial charge in [0.1, 0.15) is 5.69 Å². The fourth-order valence-electron chi connectivity index (χ4n) is 1.96. The first-order valence-electron chi connectivity index (χ1n) is 5.73. The molecule has 6 heteroatoms. The quantitative estimate of drug-likeness (QED) is 0.760. The van der Waals surface area contributed by atoms with Crippen LogP contribution in [-0.2, 0) is 0 Å². The van der Waals surface area contributed by atoms with Crippen LogP contribution in [0, 0.1) is 6.92 Å². The van der Waals surface area contributed by atoms with Gasteiger partial charge in [0.25, 0.3) is 11.6 Å². The zero-order valence-electron chi connectivity index (χ0n) is 10.4. The average Bonchev–Trinajstić information content (AvgIpc) is 3.07. The van der Waals surface area contributed by atoms with Gasteiger partial charge >= 0.3 is 0 Å². The molecule has 0 radical (unpaired) electrons. The second-order valence-electron chi connectivity index (χ2n) is 4.06. The SMILES string of the molecule is CNC(=O)c1cc(-c2ccco2)nc2onc(C)c12. The van der Waals surface area contributed by atoms with Crippen molar-refractivity contribution in [2.24, 2.45) is 0 Å².